The lowest BCUT2D eigenvalue weighted by atomic mass is 10.1. The Morgan fingerprint density at radius 3 is 2.80 bits per heavy atom. The summed E-state index contributed by atoms with van der Waals surface area (Å²) in [6.07, 6.45) is 3.00. The number of pyridine rings is 1. The van der Waals surface area contributed by atoms with Crippen molar-refractivity contribution < 1.29 is 4.79 Å². The van der Waals surface area contributed by atoms with E-state index in [0.717, 1.165) is 24.3 Å². The van der Waals surface area contributed by atoms with E-state index in [9.17, 15) is 4.79 Å². The van der Waals surface area contributed by atoms with Crippen molar-refractivity contribution in [2.75, 3.05) is 18.0 Å². The molecule has 2 aromatic rings. The molecule has 2 heterocycles. The first-order chi connectivity index (χ1) is 12.2. The van der Waals surface area contributed by atoms with Crippen LogP contribution in [-0.4, -0.2) is 34.9 Å². The highest BCUT2D eigenvalue weighted by molar-refractivity contribution is 5.78. The first-order valence-corrected chi connectivity index (χ1v) is 8.65. The zero-order chi connectivity index (χ0) is 17.6. The maximum absolute atomic E-state index is 12.7. The zero-order valence-corrected chi connectivity index (χ0v) is 14.4. The summed E-state index contributed by atoms with van der Waals surface area (Å²) in [4.78, 5) is 21.2. The lowest BCUT2D eigenvalue weighted by Gasteiger charge is -2.31. The van der Waals surface area contributed by atoms with Gasteiger partial charge in [0.25, 0.3) is 0 Å². The van der Waals surface area contributed by atoms with Crippen molar-refractivity contribution in [3.8, 4) is 6.07 Å². The number of benzene rings is 1. The van der Waals surface area contributed by atoms with Gasteiger partial charge in [0.2, 0.25) is 5.91 Å². The predicted octanol–water partition coefficient (Wildman–Crippen LogP) is 2.97. The number of rotatable bonds is 4. The van der Waals surface area contributed by atoms with Crippen molar-refractivity contribution in [3.63, 3.8) is 0 Å². The molecule has 0 spiro atoms. The molecule has 1 amide bonds. The average Bonchev–Trinajstić information content (AvgIpc) is 2.82. The lowest BCUT2D eigenvalue weighted by Crippen LogP contribution is -2.42. The maximum atomic E-state index is 12.7. The van der Waals surface area contributed by atoms with E-state index in [4.69, 9.17) is 5.26 Å². The largest absolute Gasteiger partial charge is 0.354 e. The van der Waals surface area contributed by atoms with Crippen LogP contribution in [0.2, 0.25) is 0 Å². The Morgan fingerprint density at radius 2 is 2.08 bits per heavy atom. The van der Waals surface area contributed by atoms with Crippen LogP contribution in [-0.2, 0) is 11.3 Å². The molecule has 1 aliphatic heterocycles. The summed E-state index contributed by atoms with van der Waals surface area (Å²) >= 11 is 0. The van der Waals surface area contributed by atoms with Crippen LogP contribution in [0.4, 0.5) is 5.82 Å². The molecule has 1 fully saturated rings. The minimum Gasteiger partial charge on any atom is -0.354 e. The van der Waals surface area contributed by atoms with Gasteiger partial charge in [-0.05, 0) is 24.1 Å². The third-order valence-electron chi connectivity index (χ3n) is 4.65. The van der Waals surface area contributed by atoms with Crippen molar-refractivity contribution in [3.05, 3.63) is 59.8 Å². The van der Waals surface area contributed by atoms with E-state index in [2.05, 4.69) is 35.0 Å². The number of aromatic nitrogens is 1. The Hall–Kier alpha value is -2.87. The Kier molecular flexibility index (Phi) is 5.30. The highest BCUT2D eigenvalue weighted by Crippen LogP contribution is 2.21. The number of hydrogen-bond acceptors (Lipinski definition) is 4. The number of nitriles is 1. The minimum absolute atomic E-state index is 0.128. The van der Waals surface area contributed by atoms with Crippen LogP contribution >= 0.6 is 0 Å². The van der Waals surface area contributed by atoms with E-state index in [-0.39, 0.29) is 11.9 Å². The smallest absolute Gasteiger partial charge is 0.224 e. The quantitative estimate of drug-likeness (QED) is 0.862. The summed E-state index contributed by atoms with van der Waals surface area (Å²) in [7, 11) is 0. The molecule has 1 aliphatic rings. The molecule has 0 radical (unpaired) electrons. The first kappa shape index (κ1) is 17.0. The molecule has 0 N–H and O–H groups in total. The topological polar surface area (TPSA) is 60.2 Å². The fourth-order valence-corrected chi connectivity index (χ4v) is 3.24. The summed E-state index contributed by atoms with van der Waals surface area (Å²) < 4.78 is 0. The Balaban J connectivity index is 1.82. The molecular weight excluding hydrogens is 312 g/mol. The van der Waals surface area contributed by atoms with Crippen LogP contribution in [0.1, 0.15) is 30.9 Å². The molecule has 5 heteroatoms. The van der Waals surface area contributed by atoms with Crippen molar-refractivity contribution in [1.82, 2.24) is 9.88 Å². The molecule has 1 aromatic heterocycles. The van der Waals surface area contributed by atoms with Crippen LogP contribution in [0.5, 0.6) is 0 Å². The SMILES string of the molecule is CCC1CN(c2cc(C#N)ccn2)CCC(=O)N1Cc1ccccc1. The van der Waals surface area contributed by atoms with Gasteiger partial charge in [-0.15, -0.1) is 0 Å². The van der Waals surface area contributed by atoms with E-state index in [1.165, 1.54) is 0 Å². The number of anilines is 1. The van der Waals surface area contributed by atoms with Gasteiger partial charge in [0.15, 0.2) is 0 Å². The number of amides is 1. The Labute approximate surface area is 148 Å². The van der Waals surface area contributed by atoms with E-state index < -0.39 is 0 Å². The number of carbonyl (C=O) groups is 1. The molecule has 1 atom stereocenters. The van der Waals surface area contributed by atoms with Crippen LogP contribution in [0.3, 0.4) is 0 Å². The monoisotopic (exact) mass is 334 g/mol. The van der Waals surface area contributed by atoms with Gasteiger partial charge in [-0.25, -0.2) is 4.98 Å². The van der Waals surface area contributed by atoms with Gasteiger partial charge in [0, 0.05) is 38.3 Å². The number of nitrogens with zero attached hydrogens (tertiary/aromatic N) is 4. The Morgan fingerprint density at radius 1 is 1.28 bits per heavy atom. The summed E-state index contributed by atoms with van der Waals surface area (Å²) in [5.74, 6) is 0.946. The number of hydrogen-bond donors (Lipinski definition) is 0. The molecule has 1 unspecified atom stereocenters. The first-order valence-electron chi connectivity index (χ1n) is 8.65. The lowest BCUT2D eigenvalue weighted by molar-refractivity contribution is -0.133. The van der Waals surface area contributed by atoms with E-state index in [1.807, 2.05) is 23.1 Å². The van der Waals surface area contributed by atoms with Crippen LogP contribution in [0.15, 0.2) is 48.7 Å². The average molecular weight is 334 g/mol. The van der Waals surface area contributed by atoms with Crippen molar-refractivity contribution in [2.24, 2.45) is 0 Å². The van der Waals surface area contributed by atoms with Gasteiger partial charge < -0.3 is 9.80 Å². The predicted molar refractivity (Wildman–Crippen MR) is 96.9 cm³/mol. The van der Waals surface area contributed by atoms with Gasteiger partial charge in [0.05, 0.1) is 11.6 Å². The van der Waals surface area contributed by atoms with Crippen LogP contribution < -0.4 is 4.90 Å². The molecule has 128 valence electrons. The van der Waals surface area contributed by atoms with Gasteiger partial charge in [0.1, 0.15) is 5.82 Å². The van der Waals surface area contributed by atoms with Crippen LogP contribution in [0, 0.1) is 11.3 Å². The normalized spacial score (nSPS) is 17.9. The standard InChI is InChI=1S/C20H22N4O/c1-2-18-15-23(19-12-17(13-21)8-10-22-19)11-9-20(25)24(18)14-16-6-4-3-5-7-16/h3-8,10,12,18H,2,9,11,14-15H2,1H3. The molecular formula is C20H22N4O. The van der Waals surface area contributed by atoms with Gasteiger partial charge >= 0.3 is 0 Å². The second-order valence-corrected chi connectivity index (χ2v) is 6.28. The molecule has 0 saturated carbocycles. The molecule has 5 nitrogen and oxygen atoms in total. The molecule has 3 rings (SSSR count). The second-order valence-electron chi connectivity index (χ2n) is 6.28. The van der Waals surface area contributed by atoms with Crippen molar-refractivity contribution in [1.29, 1.82) is 5.26 Å². The van der Waals surface area contributed by atoms with E-state index in [0.29, 0.717) is 25.1 Å². The van der Waals surface area contributed by atoms with E-state index >= 15 is 0 Å². The summed E-state index contributed by atoms with van der Waals surface area (Å²) in [5.41, 5.74) is 1.74. The van der Waals surface area contributed by atoms with Gasteiger partial charge in [-0.3, -0.25) is 4.79 Å². The fraction of sp³-hybridized carbons (Fsp3) is 0.350. The summed E-state index contributed by atoms with van der Waals surface area (Å²) in [5, 5.41) is 9.10. The summed E-state index contributed by atoms with van der Waals surface area (Å²) in [6.45, 7) is 4.11. The Bertz CT molecular complexity index is 769. The van der Waals surface area contributed by atoms with Gasteiger partial charge in [-0.2, -0.15) is 5.26 Å². The molecule has 1 aromatic carbocycles. The third kappa shape index (κ3) is 3.97. The third-order valence-corrected chi connectivity index (χ3v) is 4.65. The maximum Gasteiger partial charge on any atom is 0.224 e. The molecule has 0 bridgehead atoms. The summed E-state index contributed by atoms with van der Waals surface area (Å²) in [6, 6.07) is 15.9. The molecule has 0 aliphatic carbocycles. The zero-order valence-electron chi connectivity index (χ0n) is 14.4. The minimum atomic E-state index is 0.128. The highest BCUT2D eigenvalue weighted by Gasteiger charge is 2.29. The fourth-order valence-electron chi connectivity index (χ4n) is 3.24. The van der Waals surface area contributed by atoms with Gasteiger partial charge in [-0.1, -0.05) is 37.3 Å². The molecule has 25 heavy (non-hydrogen) atoms. The van der Waals surface area contributed by atoms with E-state index in [1.54, 1.807) is 18.3 Å². The second kappa shape index (κ2) is 7.80. The highest BCUT2D eigenvalue weighted by atomic mass is 16.2. The van der Waals surface area contributed by atoms with Crippen LogP contribution in [0.25, 0.3) is 0 Å². The number of carbonyl (C=O) groups excluding carboxylic acids is 1. The van der Waals surface area contributed by atoms with Crippen molar-refractivity contribution in [2.45, 2.75) is 32.4 Å². The van der Waals surface area contributed by atoms with Crippen molar-refractivity contribution >= 4 is 11.7 Å². The molecule has 1 saturated heterocycles.